The zero-order valence-corrected chi connectivity index (χ0v) is 25.0. The van der Waals surface area contributed by atoms with Gasteiger partial charge >= 0.3 is 6.09 Å². The van der Waals surface area contributed by atoms with Gasteiger partial charge in [0.25, 0.3) is 13.3 Å². The van der Waals surface area contributed by atoms with Gasteiger partial charge in [0.1, 0.15) is 6.61 Å². The van der Waals surface area contributed by atoms with Crippen LogP contribution in [0.4, 0.5) is 10.5 Å². The fourth-order valence-electron chi connectivity index (χ4n) is 3.32. The maximum Gasteiger partial charge on any atom is 0.412 e. The fourth-order valence-corrected chi connectivity index (χ4v) is 5.37. The van der Waals surface area contributed by atoms with Crippen molar-refractivity contribution in [3.05, 3.63) is 91.0 Å². The summed E-state index contributed by atoms with van der Waals surface area (Å²) in [7, 11) is -3.52. The van der Waals surface area contributed by atoms with Gasteiger partial charge < -0.3 is 14.6 Å². The molecule has 0 aliphatic heterocycles. The number of carbonyl (C=O) groups excluding carboxylic acids is 3. The number of carbonyl (C=O) groups is 3. The van der Waals surface area contributed by atoms with Gasteiger partial charge in [0.2, 0.25) is 0 Å². The summed E-state index contributed by atoms with van der Waals surface area (Å²) in [6, 6.07) is 26.0. The topological polar surface area (TPSA) is 111 Å². The van der Waals surface area contributed by atoms with Crippen LogP contribution in [0.1, 0.15) is 41.5 Å². The second kappa shape index (κ2) is 18.5. The molecule has 0 spiro atoms. The van der Waals surface area contributed by atoms with Crippen LogP contribution in [0.25, 0.3) is 0 Å². The van der Waals surface area contributed by atoms with E-state index in [-0.39, 0.29) is 12.5 Å². The van der Waals surface area contributed by atoms with E-state index in [2.05, 4.69) is 10.6 Å². The van der Waals surface area contributed by atoms with Crippen LogP contribution in [0, 0.1) is 5.92 Å². The molecule has 0 saturated carbocycles. The van der Waals surface area contributed by atoms with E-state index in [0.29, 0.717) is 16.3 Å². The van der Waals surface area contributed by atoms with Crippen LogP contribution in [-0.2, 0) is 23.4 Å². The molecule has 0 aromatic heterocycles. The zero-order chi connectivity index (χ0) is 30.0. The summed E-state index contributed by atoms with van der Waals surface area (Å²) >= 11 is 0. The second-order valence-electron chi connectivity index (χ2n) is 8.31. The van der Waals surface area contributed by atoms with Crippen molar-refractivity contribution in [3.8, 4) is 0 Å². The first-order valence-electron chi connectivity index (χ1n) is 13.5. The Morgan fingerprint density at radius 2 is 1.20 bits per heavy atom. The smallest absolute Gasteiger partial charge is 0.412 e. The van der Waals surface area contributed by atoms with Crippen molar-refractivity contribution in [3.63, 3.8) is 0 Å². The van der Waals surface area contributed by atoms with Crippen molar-refractivity contribution in [2.24, 2.45) is 5.92 Å². The van der Waals surface area contributed by atoms with Gasteiger partial charge in [-0.3, -0.25) is 19.5 Å². The van der Waals surface area contributed by atoms with Crippen molar-refractivity contribution >= 4 is 41.4 Å². The molecule has 1 atom stereocenters. The minimum atomic E-state index is -3.52. The summed E-state index contributed by atoms with van der Waals surface area (Å²) in [5.74, 6) is -1.43. The van der Waals surface area contributed by atoms with Crippen LogP contribution < -0.4 is 21.2 Å². The van der Waals surface area contributed by atoms with E-state index in [1.165, 1.54) is 0 Å². The lowest BCUT2D eigenvalue weighted by atomic mass is 10.1. The van der Waals surface area contributed by atoms with Gasteiger partial charge in [-0.25, -0.2) is 4.79 Å². The minimum absolute atomic E-state index is 0.339. The molecule has 9 heteroatoms. The Morgan fingerprint density at radius 3 is 1.65 bits per heavy atom. The first-order chi connectivity index (χ1) is 19.3. The average molecular weight is 569 g/mol. The molecule has 2 amide bonds. The van der Waals surface area contributed by atoms with Crippen molar-refractivity contribution in [2.75, 3.05) is 18.5 Å². The number of rotatable bonds is 11. The third-order valence-corrected chi connectivity index (χ3v) is 7.63. The van der Waals surface area contributed by atoms with Crippen LogP contribution >= 0.6 is 7.37 Å². The minimum Gasteiger partial charge on any atom is -0.436 e. The van der Waals surface area contributed by atoms with Crippen molar-refractivity contribution in [1.29, 1.82) is 0 Å². The second-order valence-corrected chi connectivity index (χ2v) is 10.7. The van der Waals surface area contributed by atoms with Crippen LogP contribution in [0.3, 0.4) is 0 Å². The number of anilines is 1. The number of nitrogens with one attached hydrogen (secondary N) is 2. The Hall–Kier alpha value is -3.74. The highest BCUT2D eigenvalue weighted by atomic mass is 31.2. The van der Waals surface area contributed by atoms with E-state index in [4.69, 9.17) is 9.26 Å². The average Bonchev–Trinajstić information content (AvgIpc) is 3.00. The molecular weight excluding hydrogens is 527 g/mol. The monoisotopic (exact) mass is 568 g/mol. The molecule has 0 radical (unpaired) electrons. The first-order valence-corrected chi connectivity index (χ1v) is 15.1. The standard InChI is InChI=1S/C27H29N2O6P.2C2H6/c1-20(2)25(35-27(32)29-21-12-6-3-7-13-21)26(31)28-18-22(30)19-34-36(33,23-14-8-4-9-15-23)24-16-10-5-11-17-24;2*1-2/h3-17,20,25H,18-19H2,1-2H3,(H,28,31)(H,29,32);2*1-2H3. The van der Waals surface area contributed by atoms with E-state index in [1.54, 1.807) is 105 Å². The van der Waals surface area contributed by atoms with E-state index in [0.717, 1.165) is 0 Å². The summed E-state index contributed by atoms with van der Waals surface area (Å²) in [4.78, 5) is 37.4. The van der Waals surface area contributed by atoms with Crippen LogP contribution in [0.15, 0.2) is 91.0 Å². The molecule has 0 heterocycles. The molecule has 216 valence electrons. The Balaban J connectivity index is 0.00000191. The Morgan fingerprint density at radius 1 is 0.750 bits per heavy atom. The molecule has 1 unspecified atom stereocenters. The third-order valence-electron chi connectivity index (χ3n) is 5.18. The number of hydrogen-bond acceptors (Lipinski definition) is 6. The van der Waals surface area contributed by atoms with Gasteiger partial charge in [-0.2, -0.15) is 0 Å². The number of amides is 2. The van der Waals surface area contributed by atoms with Gasteiger partial charge in [-0.05, 0) is 42.3 Å². The Bertz CT molecular complexity index is 1160. The molecule has 3 aromatic carbocycles. The Labute approximate surface area is 237 Å². The highest BCUT2D eigenvalue weighted by Gasteiger charge is 2.30. The normalized spacial score (nSPS) is 11.1. The van der Waals surface area contributed by atoms with Crippen molar-refractivity contribution < 1.29 is 28.2 Å². The van der Waals surface area contributed by atoms with E-state index < -0.39 is 37.9 Å². The molecule has 0 bridgehead atoms. The highest BCUT2D eigenvalue weighted by Crippen LogP contribution is 2.44. The molecule has 3 rings (SSSR count). The summed E-state index contributed by atoms with van der Waals surface area (Å²) in [5, 5.41) is 5.97. The molecular formula is C31H41N2O6P. The van der Waals surface area contributed by atoms with Crippen molar-refractivity contribution in [2.45, 2.75) is 47.6 Å². The van der Waals surface area contributed by atoms with Crippen LogP contribution in [0.2, 0.25) is 0 Å². The first kappa shape index (κ1) is 34.3. The summed E-state index contributed by atoms with van der Waals surface area (Å²) in [6.07, 6.45) is -1.89. The Kier molecular flexibility index (Phi) is 15.9. The number of ether oxygens (including phenoxy) is 1. The molecule has 0 aliphatic rings. The number of benzene rings is 3. The predicted molar refractivity (Wildman–Crippen MR) is 162 cm³/mol. The van der Waals surface area contributed by atoms with Gasteiger partial charge in [-0.1, -0.05) is 96.1 Å². The highest BCUT2D eigenvalue weighted by molar-refractivity contribution is 7.74. The van der Waals surface area contributed by atoms with Gasteiger partial charge in [0, 0.05) is 16.3 Å². The van der Waals surface area contributed by atoms with Gasteiger partial charge in [0.15, 0.2) is 11.9 Å². The molecule has 40 heavy (non-hydrogen) atoms. The lowest BCUT2D eigenvalue weighted by Crippen LogP contribution is -2.44. The third kappa shape index (κ3) is 10.8. The SMILES string of the molecule is CC.CC.CC(C)C(OC(=O)Nc1ccccc1)C(=O)NCC(=O)COP(=O)(c1ccccc1)c1ccccc1. The lowest BCUT2D eigenvalue weighted by molar-refractivity contribution is -0.133. The molecule has 8 nitrogen and oxygen atoms in total. The number of Topliss-reactive ketones (excluding diaryl/α,β-unsaturated/α-hetero) is 1. The molecule has 0 saturated heterocycles. The predicted octanol–water partition coefficient (Wildman–Crippen LogP) is 5.94. The zero-order valence-electron chi connectivity index (χ0n) is 24.1. The van der Waals surface area contributed by atoms with Crippen LogP contribution in [-0.4, -0.2) is 37.0 Å². The quantitative estimate of drug-likeness (QED) is 0.277. The number of ketones is 1. The van der Waals surface area contributed by atoms with Crippen LogP contribution in [0.5, 0.6) is 0 Å². The van der Waals surface area contributed by atoms with E-state index >= 15 is 0 Å². The van der Waals surface area contributed by atoms with Gasteiger partial charge in [-0.15, -0.1) is 0 Å². The molecule has 2 N–H and O–H groups in total. The maximum absolute atomic E-state index is 13.8. The lowest BCUT2D eigenvalue weighted by Gasteiger charge is -2.21. The fraction of sp³-hybridized carbons (Fsp3) is 0.323. The summed E-state index contributed by atoms with van der Waals surface area (Å²) in [6.45, 7) is 10.6. The summed E-state index contributed by atoms with van der Waals surface area (Å²) < 4.78 is 24.8. The number of hydrogen-bond donors (Lipinski definition) is 2. The number of para-hydroxylation sites is 1. The van der Waals surface area contributed by atoms with E-state index in [9.17, 15) is 18.9 Å². The molecule has 0 fully saturated rings. The molecule has 0 aliphatic carbocycles. The van der Waals surface area contributed by atoms with E-state index in [1.807, 2.05) is 27.7 Å². The summed E-state index contributed by atoms with van der Waals surface area (Å²) in [5.41, 5.74) is 0.527. The maximum atomic E-state index is 13.8. The molecule has 3 aromatic rings. The van der Waals surface area contributed by atoms with Crippen molar-refractivity contribution in [1.82, 2.24) is 5.32 Å². The van der Waals surface area contributed by atoms with Gasteiger partial charge in [0.05, 0.1) is 6.54 Å². The largest absolute Gasteiger partial charge is 0.436 e.